The van der Waals surface area contributed by atoms with Crippen LogP contribution in [0.5, 0.6) is 0 Å². The minimum absolute atomic E-state index is 0. The van der Waals surface area contributed by atoms with Crippen molar-refractivity contribution in [2.24, 2.45) is 35.0 Å². The summed E-state index contributed by atoms with van der Waals surface area (Å²) in [5, 5.41) is 11.1. The Morgan fingerprint density at radius 3 is 2.11 bits per heavy atom. The van der Waals surface area contributed by atoms with E-state index in [1.165, 1.54) is 129 Å². The molecule has 2 saturated heterocycles. The second-order valence-electron chi connectivity index (χ2n) is 16.2. The number of piperidine rings is 1. The Hall–Kier alpha value is -0.0700. The summed E-state index contributed by atoms with van der Waals surface area (Å²) in [7, 11) is 0. The Labute approximate surface area is 288 Å². The number of hydrazine groups is 1. The van der Waals surface area contributed by atoms with Gasteiger partial charge in [0.25, 0.3) is 0 Å². The molecule has 3 aliphatic carbocycles. The molecule has 5 fully saturated rings. The SMILES string of the molecule is C.CC(C)[C@H](CN1CCC(C2CCC(Cl)CC2)C(C)(C)C1)NCC1CCCC(CNC2CNN(C3CCCCC3)C2)C1.O.O.O.O. The van der Waals surface area contributed by atoms with Gasteiger partial charge in [0.2, 0.25) is 0 Å². The first-order valence-electron chi connectivity index (χ1n) is 18.1. The minimum Gasteiger partial charge on any atom is -0.412 e. The van der Waals surface area contributed by atoms with Gasteiger partial charge in [0.05, 0.1) is 0 Å². The van der Waals surface area contributed by atoms with Crippen LogP contribution in [0.15, 0.2) is 0 Å². The van der Waals surface area contributed by atoms with Gasteiger partial charge in [-0.2, -0.15) is 0 Å². The molecular formula is C36H78ClN5O4. The highest BCUT2D eigenvalue weighted by molar-refractivity contribution is 6.20. The van der Waals surface area contributed by atoms with Gasteiger partial charge in [-0.1, -0.05) is 60.8 Å². The fourth-order valence-corrected chi connectivity index (χ4v) is 9.86. The van der Waals surface area contributed by atoms with Crippen molar-refractivity contribution < 1.29 is 21.9 Å². The lowest BCUT2D eigenvalue weighted by Gasteiger charge is -2.49. The van der Waals surface area contributed by atoms with E-state index in [-0.39, 0.29) is 29.3 Å². The van der Waals surface area contributed by atoms with Gasteiger partial charge in [0.1, 0.15) is 0 Å². The second kappa shape index (κ2) is 21.9. The molecule has 46 heavy (non-hydrogen) atoms. The van der Waals surface area contributed by atoms with Crippen molar-refractivity contribution in [2.45, 2.75) is 149 Å². The molecule has 0 amide bonds. The summed E-state index contributed by atoms with van der Waals surface area (Å²) in [6.07, 6.45) is 19.3. The van der Waals surface area contributed by atoms with E-state index in [0.29, 0.717) is 28.8 Å². The monoisotopic (exact) mass is 680 g/mol. The van der Waals surface area contributed by atoms with E-state index in [0.717, 1.165) is 36.3 Å². The Morgan fingerprint density at radius 1 is 0.826 bits per heavy atom. The summed E-state index contributed by atoms with van der Waals surface area (Å²) in [6.45, 7) is 18.5. The van der Waals surface area contributed by atoms with Crippen molar-refractivity contribution in [2.75, 3.05) is 45.8 Å². The highest BCUT2D eigenvalue weighted by atomic mass is 35.5. The first-order valence-corrected chi connectivity index (χ1v) is 18.5. The molecule has 0 aromatic carbocycles. The van der Waals surface area contributed by atoms with E-state index in [9.17, 15) is 0 Å². The van der Waals surface area contributed by atoms with Gasteiger partial charge in [0.15, 0.2) is 0 Å². The topological polar surface area (TPSA) is 169 Å². The van der Waals surface area contributed by atoms with Gasteiger partial charge in [-0.25, -0.2) is 5.01 Å². The zero-order valence-electron chi connectivity index (χ0n) is 29.3. The minimum atomic E-state index is 0. The van der Waals surface area contributed by atoms with Crippen LogP contribution in [0.25, 0.3) is 0 Å². The van der Waals surface area contributed by atoms with Gasteiger partial charge < -0.3 is 37.4 Å². The second-order valence-corrected chi connectivity index (χ2v) is 16.8. The van der Waals surface area contributed by atoms with Gasteiger partial charge >= 0.3 is 0 Å². The molecule has 9 nitrogen and oxygen atoms in total. The van der Waals surface area contributed by atoms with Crippen LogP contribution < -0.4 is 16.1 Å². The standard InChI is InChI=1S/C35H66ClN5.CH4.4H2O/c1-26(2)34(24-40-18-17-33(35(3,4)25-40)29-13-15-30(36)16-14-29)38-21-28-10-8-9-27(19-28)20-37-31-22-39-41(23-31)32-11-6-5-7-12-32;;;;;/h26-34,37-39H,5-25H2,1-4H3;1H4;4*1H2/t27?,28?,29?,30?,31?,33?,34-;;;;;/m0...../s1. The maximum Gasteiger partial charge on any atom is 0.0348 e. The van der Waals surface area contributed by atoms with E-state index in [1.54, 1.807) is 0 Å². The van der Waals surface area contributed by atoms with Crippen molar-refractivity contribution in [3.05, 3.63) is 0 Å². The molecule has 5 atom stereocenters. The van der Waals surface area contributed by atoms with Gasteiger partial charge in [-0.3, -0.25) is 5.43 Å². The number of alkyl halides is 1. The average molecular weight is 681 g/mol. The molecule has 2 heterocycles. The lowest BCUT2D eigenvalue weighted by molar-refractivity contribution is 0.00453. The van der Waals surface area contributed by atoms with E-state index < -0.39 is 0 Å². The van der Waals surface area contributed by atoms with Gasteiger partial charge in [-0.05, 0) is 119 Å². The van der Waals surface area contributed by atoms with Crippen LogP contribution in [0.3, 0.4) is 0 Å². The molecule has 0 radical (unpaired) electrons. The normalized spacial score (nSPS) is 33.0. The van der Waals surface area contributed by atoms with Gasteiger partial charge in [0, 0.05) is 49.7 Å². The van der Waals surface area contributed by atoms with Crippen LogP contribution in [-0.4, -0.2) is 101 Å². The van der Waals surface area contributed by atoms with Crippen molar-refractivity contribution >= 4 is 11.6 Å². The van der Waals surface area contributed by atoms with Gasteiger partial charge in [-0.15, -0.1) is 11.6 Å². The quantitative estimate of drug-likeness (QED) is 0.280. The lowest BCUT2D eigenvalue weighted by Crippen LogP contribution is -2.53. The van der Waals surface area contributed by atoms with E-state index >= 15 is 0 Å². The summed E-state index contributed by atoms with van der Waals surface area (Å²) in [5.74, 6) is 4.15. The molecule has 278 valence electrons. The number of halogens is 1. The number of rotatable bonds is 11. The number of nitrogens with one attached hydrogen (secondary N) is 3. The van der Waals surface area contributed by atoms with Crippen LogP contribution in [0, 0.1) is 35.0 Å². The Balaban J connectivity index is 0.00000405. The van der Waals surface area contributed by atoms with E-state index in [4.69, 9.17) is 11.6 Å². The van der Waals surface area contributed by atoms with Crippen molar-refractivity contribution in [3.8, 4) is 0 Å². The first kappa shape index (κ1) is 45.9. The molecule has 4 unspecified atom stereocenters. The van der Waals surface area contributed by atoms with Crippen LogP contribution >= 0.6 is 11.6 Å². The van der Waals surface area contributed by atoms with E-state index in [1.807, 2.05) is 0 Å². The van der Waals surface area contributed by atoms with Crippen molar-refractivity contribution in [1.82, 2.24) is 26.0 Å². The Kier molecular flexibility index (Phi) is 21.9. The zero-order chi connectivity index (χ0) is 28.8. The van der Waals surface area contributed by atoms with E-state index in [2.05, 4.69) is 53.7 Å². The Morgan fingerprint density at radius 2 is 1.48 bits per heavy atom. The number of hydrogen-bond acceptors (Lipinski definition) is 5. The maximum absolute atomic E-state index is 6.45. The summed E-state index contributed by atoms with van der Waals surface area (Å²) < 4.78 is 0. The molecule has 0 spiro atoms. The van der Waals surface area contributed by atoms with Crippen LogP contribution in [0.4, 0.5) is 0 Å². The highest BCUT2D eigenvalue weighted by Gasteiger charge is 2.41. The zero-order valence-corrected chi connectivity index (χ0v) is 30.1. The number of hydrogen-bond donors (Lipinski definition) is 3. The maximum atomic E-state index is 6.45. The lowest BCUT2D eigenvalue weighted by atomic mass is 9.64. The molecule has 0 aromatic rings. The van der Waals surface area contributed by atoms with Crippen LogP contribution in [-0.2, 0) is 0 Å². The third-order valence-corrected chi connectivity index (χ3v) is 12.6. The summed E-state index contributed by atoms with van der Waals surface area (Å²) in [4.78, 5) is 2.81. The summed E-state index contributed by atoms with van der Waals surface area (Å²) in [6, 6.07) is 2.01. The van der Waals surface area contributed by atoms with Crippen LogP contribution in [0.2, 0.25) is 0 Å². The molecule has 11 N–H and O–H groups in total. The molecule has 2 aliphatic heterocycles. The summed E-state index contributed by atoms with van der Waals surface area (Å²) >= 11 is 6.45. The third-order valence-electron chi connectivity index (χ3n) is 12.1. The third kappa shape index (κ3) is 13.0. The Bertz CT molecular complexity index is 781. The molecule has 3 saturated carbocycles. The van der Waals surface area contributed by atoms with Crippen molar-refractivity contribution in [1.29, 1.82) is 0 Å². The fourth-order valence-electron chi connectivity index (χ4n) is 9.61. The van der Waals surface area contributed by atoms with Crippen molar-refractivity contribution in [3.63, 3.8) is 0 Å². The smallest absolute Gasteiger partial charge is 0.0348 e. The molecule has 0 bridgehead atoms. The fraction of sp³-hybridized carbons (Fsp3) is 1.00. The molecule has 5 rings (SSSR count). The number of likely N-dealkylation sites (tertiary alicyclic amines) is 1. The predicted molar refractivity (Wildman–Crippen MR) is 197 cm³/mol. The first-order chi connectivity index (χ1) is 19.8. The summed E-state index contributed by atoms with van der Waals surface area (Å²) in [5.41, 5.74) is 4.14. The molecular weight excluding hydrogens is 602 g/mol. The molecule has 10 heteroatoms. The largest absolute Gasteiger partial charge is 0.412 e. The number of nitrogens with zero attached hydrogens (tertiary/aromatic N) is 2. The average Bonchev–Trinajstić information content (AvgIpc) is 3.44. The van der Waals surface area contributed by atoms with Crippen LogP contribution in [0.1, 0.15) is 125 Å². The predicted octanol–water partition coefficient (Wildman–Crippen LogP) is 4.00. The molecule has 0 aromatic heterocycles. The molecule has 5 aliphatic rings. The highest BCUT2D eigenvalue weighted by Crippen LogP contribution is 2.45.